The van der Waals surface area contributed by atoms with Gasteiger partial charge in [-0.15, -0.1) is 10.2 Å². The number of hydrogen-bond donors (Lipinski definition) is 0. The highest BCUT2D eigenvalue weighted by Crippen LogP contribution is 2.30. The van der Waals surface area contributed by atoms with Gasteiger partial charge in [0.05, 0.1) is 12.2 Å². The van der Waals surface area contributed by atoms with Crippen LogP contribution in [0, 0.1) is 6.92 Å². The molecule has 0 saturated carbocycles. The van der Waals surface area contributed by atoms with E-state index in [1.807, 2.05) is 30.3 Å². The summed E-state index contributed by atoms with van der Waals surface area (Å²) < 4.78 is 16.4. The van der Waals surface area contributed by atoms with Crippen molar-refractivity contribution in [3.05, 3.63) is 82.5 Å². The molecule has 144 valence electrons. The molecule has 0 radical (unpaired) electrons. The summed E-state index contributed by atoms with van der Waals surface area (Å²) >= 11 is 6.28. The monoisotopic (exact) mass is 398 g/mol. The molecule has 0 aliphatic rings. The quantitative estimate of drug-likeness (QED) is 0.427. The normalized spacial score (nSPS) is 11.3. The first-order chi connectivity index (χ1) is 13.5. The highest BCUT2D eigenvalue weighted by Gasteiger charge is 2.16. The van der Waals surface area contributed by atoms with Gasteiger partial charge < -0.3 is 13.9 Å². The molecule has 0 saturated heterocycles. The van der Waals surface area contributed by atoms with Crippen LogP contribution in [0.2, 0.25) is 5.02 Å². The molecule has 0 unspecified atom stereocenters. The first kappa shape index (κ1) is 19.6. The Balaban J connectivity index is 1.93. The predicted octanol–water partition coefficient (Wildman–Crippen LogP) is 4.61. The molecule has 0 spiro atoms. The number of esters is 1. The highest BCUT2D eigenvalue weighted by molar-refractivity contribution is 6.31. The van der Waals surface area contributed by atoms with Crippen molar-refractivity contribution in [2.75, 3.05) is 6.61 Å². The first-order valence-corrected chi connectivity index (χ1v) is 9.09. The van der Waals surface area contributed by atoms with Crippen LogP contribution < -0.4 is 4.74 Å². The molecule has 0 atom stereocenters. The Hall–Kier alpha value is -3.12. The molecule has 6 nitrogen and oxygen atoms in total. The molecule has 3 aromatic rings. The van der Waals surface area contributed by atoms with E-state index in [1.165, 1.54) is 6.08 Å². The molecule has 7 heteroatoms. The van der Waals surface area contributed by atoms with Gasteiger partial charge in [0.1, 0.15) is 12.4 Å². The van der Waals surface area contributed by atoms with E-state index in [1.54, 1.807) is 32.0 Å². The summed E-state index contributed by atoms with van der Waals surface area (Å²) in [5, 5.41) is 8.30. The third-order valence-corrected chi connectivity index (χ3v) is 3.95. The second kappa shape index (κ2) is 9.19. The van der Waals surface area contributed by atoms with Gasteiger partial charge in [-0.25, -0.2) is 4.79 Å². The number of aromatic nitrogens is 2. The molecular weight excluding hydrogens is 380 g/mol. The van der Waals surface area contributed by atoms with Crippen LogP contribution in [0.1, 0.15) is 29.8 Å². The second-order valence-electron chi connectivity index (χ2n) is 5.89. The minimum Gasteiger partial charge on any atom is -0.489 e. The number of nitrogens with zero attached hydrogens (tertiary/aromatic N) is 2. The summed E-state index contributed by atoms with van der Waals surface area (Å²) in [6, 6.07) is 14.9. The number of carbonyl (C=O) groups is 1. The first-order valence-electron chi connectivity index (χ1n) is 8.71. The van der Waals surface area contributed by atoms with Crippen LogP contribution in [0.15, 0.2) is 59.0 Å². The summed E-state index contributed by atoms with van der Waals surface area (Å²) in [4.78, 5) is 12.0. The van der Waals surface area contributed by atoms with Crippen molar-refractivity contribution >= 4 is 23.1 Å². The van der Waals surface area contributed by atoms with Gasteiger partial charge in [0.25, 0.3) is 0 Å². The van der Waals surface area contributed by atoms with Crippen LogP contribution >= 0.6 is 11.6 Å². The third kappa shape index (κ3) is 5.20. The Bertz CT molecular complexity index is 983. The van der Waals surface area contributed by atoms with E-state index in [0.717, 1.165) is 5.56 Å². The second-order valence-corrected chi connectivity index (χ2v) is 6.32. The number of rotatable bonds is 7. The fourth-order valence-electron chi connectivity index (χ4n) is 2.52. The van der Waals surface area contributed by atoms with Gasteiger partial charge in [-0.1, -0.05) is 41.9 Å². The SMILES string of the molecule is CCOC(=O)C=C(c1cc(Cl)cc(OCc2ccccc2)c1)c1nnc(C)o1. The van der Waals surface area contributed by atoms with E-state index in [2.05, 4.69) is 10.2 Å². The van der Waals surface area contributed by atoms with Gasteiger partial charge in [0.2, 0.25) is 11.8 Å². The van der Waals surface area contributed by atoms with Crippen LogP contribution in [0.4, 0.5) is 0 Å². The zero-order chi connectivity index (χ0) is 19.9. The Labute approximate surface area is 167 Å². The minimum atomic E-state index is -0.514. The lowest BCUT2D eigenvalue weighted by Gasteiger charge is -2.10. The molecule has 2 aromatic carbocycles. The van der Waals surface area contributed by atoms with Crippen molar-refractivity contribution in [3.8, 4) is 5.75 Å². The summed E-state index contributed by atoms with van der Waals surface area (Å²) in [7, 11) is 0. The zero-order valence-corrected chi connectivity index (χ0v) is 16.3. The molecule has 0 N–H and O–H groups in total. The van der Waals surface area contributed by atoms with E-state index in [0.29, 0.717) is 34.4 Å². The minimum absolute atomic E-state index is 0.196. The standard InChI is InChI=1S/C21H19ClN2O4/c1-3-26-20(25)12-19(21-24-23-14(2)28-21)16-9-17(22)11-18(10-16)27-13-15-7-5-4-6-8-15/h4-12H,3,13H2,1-2H3. The predicted molar refractivity (Wildman–Crippen MR) is 105 cm³/mol. The lowest BCUT2D eigenvalue weighted by atomic mass is 10.0. The Morgan fingerprint density at radius 2 is 1.96 bits per heavy atom. The summed E-state index contributed by atoms with van der Waals surface area (Å²) in [5.74, 6) is 0.617. The van der Waals surface area contributed by atoms with Gasteiger partial charge in [-0.3, -0.25) is 0 Å². The molecule has 0 aliphatic carbocycles. The van der Waals surface area contributed by atoms with Crippen LogP contribution in [-0.4, -0.2) is 22.8 Å². The van der Waals surface area contributed by atoms with Gasteiger partial charge in [-0.05, 0) is 36.2 Å². The van der Waals surface area contributed by atoms with Crippen molar-refractivity contribution in [3.63, 3.8) is 0 Å². The average Bonchev–Trinajstić information content (AvgIpc) is 3.11. The number of halogens is 1. The van der Waals surface area contributed by atoms with Crippen molar-refractivity contribution in [1.29, 1.82) is 0 Å². The van der Waals surface area contributed by atoms with E-state index in [4.69, 9.17) is 25.5 Å². The maximum atomic E-state index is 12.0. The molecule has 0 amide bonds. The number of ether oxygens (including phenoxy) is 2. The summed E-state index contributed by atoms with van der Waals surface area (Å²) in [6.07, 6.45) is 1.31. The van der Waals surface area contributed by atoms with Crippen molar-refractivity contribution in [2.24, 2.45) is 0 Å². The molecular formula is C21H19ClN2O4. The zero-order valence-electron chi connectivity index (χ0n) is 15.5. The van der Waals surface area contributed by atoms with Gasteiger partial charge in [0, 0.05) is 18.0 Å². The van der Waals surface area contributed by atoms with Gasteiger partial charge in [-0.2, -0.15) is 0 Å². The molecule has 1 aromatic heterocycles. The van der Waals surface area contributed by atoms with E-state index < -0.39 is 5.97 Å². The van der Waals surface area contributed by atoms with E-state index in [9.17, 15) is 4.79 Å². The van der Waals surface area contributed by atoms with Crippen LogP contribution in [0.3, 0.4) is 0 Å². The number of carbonyl (C=O) groups excluding carboxylic acids is 1. The summed E-state index contributed by atoms with van der Waals surface area (Å²) in [5.41, 5.74) is 2.04. The van der Waals surface area contributed by atoms with Gasteiger partial charge >= 0.3 is 5.97 Å². The lowest BCUT2D eigenvalue weighted by molar-refractivity contribution is -0.137. The molecule has 28 heavy (non-hydrogen) atoms. The Kier molecular flexibility index (Phi) is 6.45. The highest BCUT2D eigenvalue weighted by atomic mass is 35.5. The van der Waals surface area contributed by atoms with Crippen LogP contribution in [-0.2, 0) is 16.1 Å². The Morgan fingerprint density at radius 1 is 1.18 bits per heavy atom. The smallest absolute Gasteiger partial charge is 0.331 e. The maximum Gasteiger partial charge on any atom is 0.331 e. The molecule has 0 bridgehead atoms. The molecule has 0 aliphatic heterocycles. The third-order valence-electron chi connectivity index (χ3n) is 3.74. The van der Waals surface area contributed by atoms with Crippen molar-refractivity contribution in [2.45, 2.75) is 20.5 Å². The Morgan fingerprint density at radius 3 is 2.64 bits per heavy atom. The van der Waals surface area contributed by atoms with Crippen molar-refractivity contribution < 1.29 is 18.7 Å². The van der Waals surface area contributed by atoms with Gasteiger partial charge in [0.15, 0.2) is 0 Å². The maximum absolute atomic E-state index is 12.0. The molecule has 1 heterocycles. The largest absolute Gasteiger partial charge is 0.489 e. The number of hydrogen-bond acceptors (Lipinski definition) is 6. The fourth-order valence-corrected chi connectivity index (χ4v) is 2.74. The summed E-state index contributed by atoms with van der Waals surface area (Å²) in [6.45, 7) is 4.05. The average molecular weight is 399 g/mol. The van der Waals surface area contributed by atoms with Crippen molar-refractivity contribution in [1.82, 2.24) is 10.2 Å². The van der Waals surface area contributed by atoms with E-state index in [-0.39, 0.29) is 12.5 Å². The van der Waals surface area contributed by atoms with Crippen LogP contribution in [0.25, 0.3) is 5.57 Å². The molecule has 0 fully saturated rings. The molecule has 3 rings (SSSR count). The lowest BCUT2D eigenvalue weighted by Crippen LogP contribution is -2.02. The van der Waals surface area contributed by atoms with E-state index >= 15 is 0 Å². The van der Waals surface area contributed by atoms with Crippen LogP contribution in [0.5, 0.6) is 5.75 Å². The number of aryl methyl sites for hydroxylation is 1. The fraction of sp³-hybridized carbons (Fsp3) is 0.190. The topological polar surface area (TPSA) is 74.5 Å². The number of benzene rings is 2.